The largest absolute Gasteiger partial charge is 0.382 e. The third-order valence-electron chi connectivity index (χ3n) is 3.72. The molecule has 1 atom stereocenters. The first-order valence-corrected chi connectivity index (χ1v) is 6.62. The number of nitriles is 1. The van der Waals surface area contributed by atoms with Gasteiger partial charge in [0.25, 0.3) is 0 Å². The van der Waals surface area contributed by atoms with E-state index in [-0.39, 0.29) is 5.41 Å². The van der Waals surface area contributed by atoms with Crippen LogP contribution in [0.25, 0.3) is 10.8 Å². The second-order valence-corrected chi connectivity index (χ2v) is 6.05. The molecule has 2 aromatic rings. The Morgan fingerprint density at radius 2 is 1.68 bits per heavy atom. The highest BCUT2D eigenvalue weighted by Crippen LogP contribution is 2.29. The van der Waals surface area contributed by atoms with Gasteiger partial charge in [-0.15, -0.1) is 0 Å². The monoisotopic (exact) mass is 252 g/mol. The third-order valence-corrected chi connectivity index (χ3v) is 3.72. The van der Waals surface area contributed by atoms with Gasteiger partial charge in [-0.25, -0.2) is 0 Å². The van der Waals surface area contributed by atoms with Crippen LogP contribution in [0, 0.1) is 16.7 Å². The van der Waals surface area contributed by atoms with Gasteiger partial charge in [-0.2, -0.15) is 5.26 Å². The lowest BCUT2D eigenvalue weighted by Gasteiger charge is -2.29. The smallest absolute Gasteiger partial charge is 0.0998 e. The molecule has 0 aliphatic rings. The van der Waals surface area contributed by atoms with Crippen molar-refractivity contribution in [3.63, 3.8) is 0 Å². The number of anilines is 1. The van der Waals surface area contributed by atoms with Crippen LogP contribution in [-0.4, -0.2) is 6.04 Å². The van der Waals surface area contributed by atoms with Crippen molar-refractivity contribution < 1.29 is 0 Å². The molecule has 1 unspecified atom stereocenters. The van der Waals surface area contributed by atoms with Gasteiger partial charge < -0.3 is 5.32 Å². The predicted molar refractivity (Wildman–Crippen MR) is 81.2 cm³/mol. The number of hydrogen-bond donors (Lipinski definition) is 1. The molecular weight excluding hydrogens is 232 g/mol. The lowest BCUT2D eigenvalue weighted by molar-refractivity contribution is 0.359. The van der Waals surface area contributed by atoms with Gasteiger partial charge in [0.05, 0.1) is 11.6 Å². The minimum Gasteiger partial charge on any atom is -0.382 e. The lowest BCUT2D eigenvalue weighted by atomic mass is 9.87. The van der Waals surface area contributed by atoms with Gasteiger partial charge in [0.15, 0.2) is 0 Å². The van der Waals surface area contributed by atoms with Crippen molar-refractivity contribution in [2.75, 3.05) is 5.32 Å². The minimum absolute atomic E-state index is 0.189. The zero-order valence-electron chi connectivity index (χ0n) is 12.0. The molecule has 2 nitrogen and oxygen atoms in total. The van der Waals surface area contributed by atoms with E-state index in [1.165, 1.54) is 0 Å². The molecule has 2 aromatic carbocycles. The Balaban J connectivity index is 2.49. The topological polar surface area (TPSA) is 35.8 Å². The number of hydrogen-bond acceptors (Lipinski definition) is 2. The van der Waals surface area contributed by atoms with Gasteiger partial charge in [0.2, 0.25) is 0 Å². The standard InChI is InChI=1S/C17H20N2/c1-12(17(2,3)4)19-16-10-9-13(11-18)14-7-5-6-8-15(14)16/h5-10,12,19H,1-4H3. The summed E-state index contributed by atoms with van der Waals surface area (Å²) in [6.07, 6.45) is 0. The summed E-state index contributed by atoms with van der Waals surface area (Å²) in [5.41, 5.74) is 2.01. The first-order chi connectivity index (χ1) is 8.93. The van der Waals surface area contributed by atoms with Crippen LogP contribution in [0.2, 0.25) is 0 Å². The summed E-state index contributed by atoms with van der Waals surface area (Å²) in [6.45, 7) is 8.84. The third kappa shape index (κ3) is 2.71. The molecule has 0 radical (unpaired) electrons. The minimum atomic E-state index is 0.189. The summed E-state index contributed by atoms with van der Waals surface area (Å²) in [6, 6.07) is 14.5. The highest BCUT2D eigenvalue weighted by Gasteiger charge is 2.20. The molecule has 0 spiro atoms. The van der Waals surface area contributed by atoms with Crippen LogP contribution in [0.5, 0.6) is 0 Å². The van der Waals surface area contributed by atoms with Crippen molar-refractivity contribution in [3.05, 3.63) is 42.0 Å². The molecule has 0 saturated carbocycles. The molecule has 0 saturated heterocycles. The van der Waals surface area contributed by atoms with Crippen LogP contribution < -0.4 is 5.32 Å². The zero-order chi connectivity index (χ0) is 14.0. The average molecular weight is 252 g/mol. The summed E-state index contributed by atoms with van der Waals surface area (Å²) >= 11 is 0. The molecule has 1 N–H and O–H groups in total. The van der Waals surface area contributed by atoms with Crippen LogP contribution in [-0.2, 0) is 0 Å². The zero-order valence-corrected chi connectivity index (χ0v) is 12.0. The Kier molecular flexibility index (Phi) is 3.48. The van der Waals surface area contributed by atoms with Crippen LogP contribution in [0.15, 0.2) is 36.4 Å². The molecule has 2 heteroatoms. The van der Waals surface area contributed by atoms with E-state index in [1.54, 1.807) is 0 Å². The molecule has 98 valence electrons. The fourth-order valence-electron chi connectivity index (χ4n) is 1.97. The first-order valence-electron chi connectivity index (χ1n) is 6.62. The van der Waals surface area contributed by atoms with Crippen LogP contribution in [0.4, 0.5) is 5.69 Å². The normalized spacial score (nSPS) is 13.0. The van der Waals surface area contributed by atoms with Crippen LogP contribution in [0.1, 0.15) is 33.3 Å². The van der Waals surface area contributed by atoms with E-state index < -0.39 is 0 Å². The molecule has 0 aliphatic carbocycles. The van der Waals surface area contributed by atoms with Crippen molar-refractivity contribution in [3.8, 4) is 6.07 Å². The SMILES string of the molecule is CC(Nc1ccc(C#N)c2ccccc12)C(C)(C)C. The Labute approximate surface area is 115 Å². The second kappa shape index (κ2) is 4.93. The highest BCUT2D eigenvalue weighted by molar-refractivity contribution is 5.97. The van der Waals surface area contributed by atoms with Crippen molar-refractivity contribution in [2.45, 2.75) is 33.7 Å². The highest BCUT2D eigenvalue weighted by atomic mass is 14.9. The van der Waals surface area contributed by atoms with Crippen molar-refractivity contribution in [1.29, 1.82) is 5.26 Å². The van der Waals surface area contributed by atoms with Gasteiger partial charge in [-0.1, -0.05) is 45.0 Å². The van der Waals surface area contributed by atoms with Gasteiger partial charge in [-0.05, 0) is 24.5 Å². The summed E-state index contributed by atoms with van der Waals surface area (Å²) in [7, 11) is 0. The molecule has 0 bridgehead atoms. The number of rotatable bonds is 2. The maximum absolute atomic E-state index is 9.17. The summed E-state index contributed by atoms with van der Waals surface area (Å²) in [4.78, 5) is 0. The number of nitrogens with one attached hydrogen (secondary N) is 1. The van der Waals surface area contributed by atoms with Crippen molar-refractivity contribution >= 4 is 16.5 Å². The van der Waals surface area contributed by atoms with E-state index in [4.69, 9.17) is 5.26 Å². The Morgan fingerprint density at radius 1 is 1.05 bits per heavy atom. The van der Waals surface area contributed by atoms with Crippen molar-refractivity contribution in [2.24, 2.45) is 5.41 Å². The van der Waals surface area contributed by atoms with Gasteiger partial charge in [-0.3, -0.25) is 0 Å². The number of benzene rings is 2. The van der Waals surface area contributed by atoms with Crippen LogP contribution >= 0.6 is 0 Å². The lowest BCUT2D eigenvalue weighted by Crippen LogP contribution is -2.30. The van der Waals surface area contributed by atoms with E-state index in [0.29, 0.717) is 6.04 Å². The molecule has 19 heavy (non-hydrogen) atoms. The fourth-order valence-corrected chi connectivity index (χ4v) is 1.97. The summed E-state index contributed by atoms with van der Waals surface area (Å²) < 4.78 is 0. The quantitative estimate of drug-likeness (QED) is 0.850. The summed E-state index contributed by atoms with van der Waals surface area (Å²) in [5, 5.41) is 14.9. The van der Waals surface area contributed by atoms with Gasteiger partial charge >= 0.3 is 0 Å². The molecule has 0 aromatic heterocycles. The van der Waals surface area contributed by atoms with E-state index in [2.05, 4.69) is 45.1 Å². The fraction of sp³-hybridized carbons (Fsp3) is 0.353. The molecule has 0 fully saturated rings. The second-order valence-electron chi connectivity index (χ2n) is 6.05. The summed E-state index contributed by atoms with van der Waals surface area (Å²) in [5.74, 6) is 0. The van der Waals surface area contributed by atoms with Gasteiger partial charge in [0, 0.05) is 22.5 Å². The van der Waals surface area contributed by atoms with E-state index in [1.807, 2.05) is 30.3 Å². The van der Waals surface area contributed by atoms with Crippen molar-refractivity contribution in [1.82, 2.24) is 0 Å². The van der Waals surface area contributed by atoms with Crippen LogP contribution in [0.3, 0.4) is 0 Å². The predicted octanol–water partition coefficient (Wildman–Crippen LogP) is 4.56. The Morgan fingerprint density at radius 3 is 2.26 bits per heavy atom. The first kappa shape index (κ1) is 13.4. The van der Waals surface area contributed by atoms with E-state index in [9.17, 15) is 0 Å². The number of nitrogens with zero attached hydrogens (tertiary/aromatic N) is 1. The molecule has 0 amide bonds. The average Bonchev–Trinajstić information content (AvgIpc) is 2.38. The molecular formula is C17H20N2. The Bertz CT molecular complexity index is 630. The maximum atomic E-state index is 9.17. The van der Waals surface area contributed by atoms with E-state index in [0.717, 1.165) is 22.0 Å². The molecule has 2 rings (SSSR count). The van der Waals surface area contributed by atoms with E-state index >= 15 is 0 Å². The molecule has 0 aliphatic heterocycles. The molecule has 0 heterocycles. The maximum Gasteiger partial charge on any atom is 0.0998 e. The Hall–Kier alpha value is -2.01. The number of fused-ring (bicyclic) bond motifs is 1. The van der Waals surface area contributed by atoms with Gasteiger partial charge in [0.1, 0.15) is 0 Å².